The highest BCUT2D eigenvalue weighted by Gasteiger charge is 2.19. The number of aromatic nitrogens is 2. The molecule has 1 N–H and O–H groups in total. The van der Waals surface area contributed by atoms with Crippen molar-refractivity contribution in [1.29, 1.82) is 0 Å². The Labute approximate surface area is 116 Å². The second-order valence-electron chi connectivity index (χ2n) is 4.85. The van der Waals surface area contributed by atoms with Crippen LogP contribution >= 0.6 is 0 Å². The summed E-state index contributed by atoms with van der Waals surface area (Å²) in [6.07, 6.45) is 6.89. The van der Waals surface area contributed by atoms with Crippen molar-refractivity contribution < 1.29 is 9.21 Å². The van der Waals surface area contributed by atoms with Gasteiger partial charge in [0.25, 0.3) is 5.91 Å². The lowest BCUT2D eigenvalue weighted by atomic mass is 10.3. The van der Waals surface area contributed by atoms with Crippen LogP contribution < -0.4 is 10.2 Å². The predicted octanol–water partition coefficient (Wildman–Crippen LogP) is 2.23. The predicted molar refractivity (Wildman–Crippen MR) is 74.9 cm³/mol. The van der Waals surface area contributed by atoms with E-state index >= 15 is 0 Å². The Morgan fingerprint density at radius 3 is 2.90 bits per heavy atom. The molecule has 1 fully saturated rings. The second kappa shape index (κ2) is 5.32. The second-order valence-corrected chi connectivity index (χ2v) is 4.85. The van der Waals surface area contributed by atoms with Gasteiger partial charge in [0.15, 0.2) is 5.82 Å². The molecule has 104 valence electrons. The molecule has 3 rings (SSSR count). The van der Waals surface area contributed by atoms with Crippen molar-refractivity contribution in [2.24, 2.45) is 0 Å². The summed E-state index contributed by atoms with van der Waals surface area (Å²) in [5.74, 6) is 1.28. The number of anilines is 2. The van der Waals surface area contributed by atoms with Crippen LogP contribution in [-0.4, -0.2) is 29.0 Å². The van der Waals surface area contributed by atoms with Gasteiger partial charge in [-0.25, -0.2) is 9.97 Å². The fourth-order valence-corrected chi connectivity index (χ4v) is 2.35. The first-order valence-corrected chi connectivity index (χ1v) is 6.65. The quantitative estimate of drug-likeness (QED) is 0.927. The maximum atomic E-state index is 12.1. The summed E-state index contributed by atoms with van der Waals surface area (Å²) >= 11 is 0. The van der Waals surface area contributed by atoms with Crippen LogP contribution in [0.3, 0.4) is 0 Å². The number of furan rings is 1. The topological polar surface area (TPSA) is 71.3 Å². The molecular weight excluding hydrogens is 256 g/mol. The summed E-state index contributed by atoms with van der Waals surface area (Å²) in [4.78, 5) is 22.6. The third kappa shape index (κ3) is 2.49. The third-order valence-corrected chi connectivity index (χ3v) is 3.34. The summed E-state index contributed by atoms with van der Waals surface area (Å²) < 4.78 is 5.15. The molecule has 0 aliphatic carbocycles. The standard InChI is InChI=1S/C14H16N4O2/c1-10-6-11(8-20-10)14(19)17-12-7-15-9-16-13(12)18-4-2-3-5-18/h6-9H,2-5H2,1H3,(H,17,19). The van der Waals surface area contributed by atoms with Gasteiger partial charge >= 0.3 is 0 Å². The van der Waals surface area contributed by atoms with E-state index in [9.17, 15) is 4.79 Å². The zero-order chi connectivity index (χ0) is 13.9. The van der Waals surface area contributed by atoms with E-state index in [1.807, 2.05) is 0 Å². The molecule has 0 atom stereocenters. The smallest absolute Gasteiger partial charge is 0.259 e. The number of carbonyl (C=O) groups is 1. The van der Waals surface area contributed by atoms with Crippen molar-refractivity contribution >= 4 is 17.4 Å². The molecule has 1 saturated heterocycles. The molecule has 2 aromatic heterocycles. The highest BCUT2D eigenvalue weighted by molar-refractivity contribution is 6.05. The first kappa shape index (κ1) is 12.7. The van der Waals surface area contributed by atoms with Crippen LogP contribution in [0.5, 0.6) is 0 Å². The molecule has 0 aromatic carbocycles. The van der Waals surface area contributed by atoms with Gasteiger partial charge < -0.3 is 14.6 Å². The van der Waals surface area contributed by atoms with Gasteiger partial charge in [0.2, 0.25) is 0 Å². The van der Waals surface area contributed by atoms with Gasteiger partial charge in [-0.2, -0.15) is 0 Å². The van der Waals surface area contributed by atoms with Crippen LogP contribution in [0.25, 0.3) is 0 Å². The fourth-order valence-electron chi connectivity index (χ4n) is 2.35. The summed E-state index contributed by atoms with van der Waals surface area (Å²) in [6, 6.07) is 1.70. The Kier molecular flexibility index (Phi) is 3.37. The number of nitrogens with one attached hydrogen (secondary N) is 1. The highest BCUT2D eigenvalue weighted by Crippen LogP contribution is 2.25. The number of hydrogen-bond acceptors (Lipinski definition) is 5. The van der Waals surface area contributed by atoms with E-state index in [1.165, 1.54) is 12.6 Å². The molecule has 0 saturated carbocycles. The molecule has 6 nitrogen and oxygen atoms in total. The van der Waals surface area contributed by atoms with Crippen LogP contribution in [0.1, 0.15) is 29.0 Å². The molecule has 2 aromatic rings. The lowest BCUT2D eigenvalue weighted by Gasteiger charge is -2.19. The average Bonchev–Trinajstić information content (AvgIpc) is 3.10. The van der Waals surface area contributed by atoms with E-state index in [1.54, 1.807) is 19.2 Å². The van der Waals surface area contributed by atoms with Crippen LogP contribution in [0.4, 0.5) is 11.5 Å². The maximum absolute atomic E-state index is 12.1. The summed E-state index contributed by atoms with van der Waals surface area (Å²) in [5, 5.41) is 2.85. The van der Waals surface area contributed by atoms with Gasteiger partial charge in [0.1, 0.15) is 24.0 Å². The Morgan fingerprint density at radius 1 is 1.40 bits per heavy atom. The maximum Gasteiger partial charge on any atom is 0.259 e. The van der Waals surface area contributed by atoms with E-state index in [2.05, 4.69) is 20.2 Å². The number of carbonyl (C=O) groups excluding carboxylic acids is 1. The van der Waals surface area contributed by atoms with E-state index in [0.29, 0.717) is 17.0 Å². The zero-order valence-electron chi connectivity index (χ0n) is 11.3. The Balaban J connectivity index is 1.81. The highest BCUT2D eigenvalue weighted by atomic mass is 16.3. The van der Waals surface area contributed by atoms with Gasteiger partial charge in [-0.05, 0) is 25.8 Å². The van der Waals surface area contributed by atoms with Crippen molar-refractivity contribution in [2.75, 3.05) is 23.3 Å². The molecule has 0 bridgehead atoms. The van der Waals surface area contributed by atoms with Crippen molar-refractivity contribution in [1.82, 2.24) is 9.97 Å². The molecule has 0 radical (unpaired) electrons. The number of nitrogens with zero attached hydrogens (tertiary/aromatic N) is 3. The van der Waals surface area contributed by atoms with Crippen LogP contribution in [0.2, 0.25) is 0 Å². The summed E-state index contributed by atoms with van der Waals surface area (Å²) in [7, 11) is 0. The van der Waals surface area contributed by atoms with Gasteiger partial charge in [0, 0.05) is 13.1 Å². The van der Waals surface area contributed by atoms with Crippen LogP contribution in [-0.2, 0) is 0 Å². The lowest BCUT2D eigenvalue weighted by molar-refractivity contribution is 0.102. The SMILES string of the molecule is Cc1cc(C(=O)Nc2cncnc2N2CCCC2)co1. The average molecular weight is 272 g/mol. The van der Waals surface area contributed by atoms with E-state index in [4.69, 9.17) is 4.42 Å². The van der Waals surface area contributed by atoms with Crippen molar-refractivity contribution in [3.63, 3.8) is 0 Å². The molecule has 0 unspecified atom stereocenters. The van der Waals surface area contributed by atoms with Crippen molar-refractivity contribution in [2.45, 2.75) is 19.8 Å². The number of amides is 1. The minimum Gasteiger partial charge on any atom is -0.469 e. The van der Waals surface area contributed by atoms with Gasteiger partial charge in [-0.1, -0.05) is 0 Å². The van der Waals surface area contributed by atoms with E-state index in [-0.39, 0.29) is 5.91 Å². The van der Waals surface area contributed by atoms with Crippen LogP contribution in [0.15, 0.2) is 29.3 Å². The fraction of sp³-hybridized carbons (Fsp3) is 0.357. The normalized spacial score (nSPS) is 14.6. The molecule has 1 amide bonds. The molecule has 3 heterocycles. The minimum absolute atomic E-state index is 0.211. The van der Waals surface area contributed by atoms with E-state index < -0.39 is 0 Å². The Bertz CT molecular complexity index is 617. The first-order chi connectivity index (χ1) is 9.74. The van der Waals surface area contributed by atoms with Gasteiger partial charge in [0.05, 0.1) is 11.8 Å². The Hall–Kier alpha value is -2.37. The molecular formula is C14H16N4O2. The monoisotopic (exact) mass is 272 g/mol. The molecule has 0 spiro atoms. The summed E-state index contributed by atoms with van der Waals surface area (Å²) in [6.45, 7) is 3.73. The van der Waals surface area contributed by atoms with E-state index in [0.717, 1.165) is 31.7 Å². The minimum atomic E-state index is -0.211. The van der Waals surface area contributed by atoms with Gasteiger partial charge in [-0.3, -0.25) is 4.79 Å². The molecule has 1 aliphatic rings. The first-order valence-electron chi connectivity index (χ1n) is 6.65. The largest absolute Gasteiger partial charge is 0.469 e. The summed E-state index contributed by atoms with van der Waals surface area (Å²) in [5.41, 5.74) is 1.14. The molecule has 1 aliphatic heterocycles. The zero-order valence-corrected chi connectivity index (χ0v) is 11.3. The van der Waals surface area contributed by atoms with Crippen LogP contribution in [0, 0.1) is 6.92 Å². The lowest BCUT2D eigenvalue weighted by Crippen LogP contribution is -2.22. The number of aryl methyl sites for hydroxylation is 1. The van der Waals surface area contributed by atoms with Gasteiger partial charge in [-0.15, -0.1) is 0 Å². The number of hydrogen-bond donors (Lipinski definition) is 1. The molecule has 20 heavy (non-hydrogen) atoms. The third-order valence-electron chi connectivity index (χ3n) is 3.34. The van der Waals surface area contributed by atoms with Crippen molar-refractivity contribution in [3.8, 4) is 0 Å². The molecule has 6 heteroatoms. The Morgan fingerprint density at radius 2 is 2.20 bits per heavy atom. The van der Waals surface area contributed by atoms with Crippen molar-refractivity contribution in [3.05, 3.63) is 36.2 Å². The number of rotatable bonds is 3.